The molecule has 1 saturated heterocycles. The number of barbiturate groups is 1. The molecule has 0 unspecified atom stereocenters. The van der Waals surface area contributed by atoms with Gasteiger partial charge in [0.05, 0.1) is 19.9 Å². The molecule has 144 valence electrons. The fourth-order valence-corrected chi connectivity index (χ4v) is 3.03. The number of para-hydroxylation sites is 2. The molecule has 0 aliphatic carbocycles. The number of halogens is 1. The first-order chi connectivity index (χ1) is 13.5. The smallest absolute Gasteiger partial charge is 0.335 e. The molecule has 0 radical (unpaired) electrons. The first kappa shape index (κ1) is 19.6. The number of hydrogen-bond acceptors (Lipinski definition) is 6. The van der Waals surface area contributed by atoms with Crippen molar-refractivity contribution in [2.45, 2.75) is 0 Å². The van der Waals surface area contributed by atoms with Gasteiger partial charge < -0.3 is 9.47 Å². The summed E-state index contributed by atoms with van der Waals surface area (Å²) in [5.41, 5.74) is 0.664. The van der Waals surface area contributed by atoms with E-state index in [1.807, 2.05) is 0 Å². The van der Waals surface area contributed by atoms with Gasteiger partial charge in [0.25, 0.3) is 5.91 Å². The number of rotatable bonds is 5. The average Bonchev–Trinajstić information content (AvgIpc) is 2.68. The van der Waals surface area contributed by atoms with Crippen molar-refractivity contribution in [3.63, 3.8) is 0 Å². The summed E-state index contributed by atoms with van der Waals surface area (Å²) in [5, 5.41) is 2.18. The SMILES string of the molecule is COc1ccc(Br)cc1N=C[C@H]1C(=O)NC(=O)N(c2ccccc2OC)C1=O. The van der Waals surface area contributed by atoms with Crippen molar-refractivity contribution in [1.82, 2.24) is 5.32 Å². The zero-order valence-corrected chi connectivity index (χ0v) is 16.6. The molecule has 1 fully saturated rings. The zero-order chi connectivity index (χ0) is 20.3. The number of carbonyl (C=O) groups excluding carboxylic acids is 3. The normalized spacial score (nSPS) is 17.0. The third-order valence-corrected chi connectivity index (χ3v) is 4.53. The lowest BCUT2D eigenvalue weighted by Crippen LogP contribution is -2.58. The van der Waals surface area contributed by atoms with Crippen LogP contribution >= 0.6 is 15.9 Å². The zero-order valence-electron chi connectivity index (χ0n) is 15.0. The summed E-state index contributed by atoms with van der Waals surface area (Å²) in [6.45, 7) is 0. The van der Waals surface area contributed by atoms with Crippen LogP contribution in [0.1, 0.15) is 0 Å². The predicted octanol–water partition coefficient (Wildman–Crippen LogP) is 3.07. The molecular weight excluding hydrogens is 430 g/mol. The standard InChI is InChI=1S/C19H16BrN3O5/c1-27-15-8-7-11(20)9-13(15)21-10-12-17(24)22-19(26)23(18(12)25)14-5-3-4-6-16(14)28-2/h3-10,12H,1-2H3,(H,22,24,26)/t12-/m0/s1. The van der Waals surface area contributed by atoms with Crippen LogP contribution in [0.3, 0.4) is 0 Å². The predicted molar refractivity (Wildman–Crippen MR) is 106 cm³/mol. The van der Waals surface area contributed by atoms with Crippen molar-refractivity contribution in [1.29, 1.82) is 0 Å². The molecule has 2 aromatic carbocycles. The van der Waals surface area contributed by atoms with Crippen molar-refractivity contribution in [3.8, 4) is 11.5 Å². The number of ether oxygens (including phenoxy) is 2. The molecule has 0 bridgehead atoms. The Morgan fingerprint density at radius 1 is 1.07 bits per heavy atom. The van der Waals surface area contributed by atoms with E-state index < -0.39 is 23.8 Å². The third-order valence-electron chi connectivity index (χ3n) is 4.03. The van der Waals surface area contributed by atoms with Gasteiger partial charge in [-0.3, -0.25) is 19.9 Å². The number of imide groups is 2. The summed E-state index contributed by atoms with van der Waals surface area (Å²) < 4.78 is 11.2. The highest BCUT2D eigenvalue weighted by Crippen LogP contribution is 2.32. The van der Waals surface area contributed by atoms with E-state index in [-0.39, 0.29) is 5.69 Å². The van der Waals surface area contributed by atoms with Crippen LogP contribution in [0.5, 0.6) is 11.5 Å². The van der Waals surface area contributed by atoms with E-state index >= 15 is 0 Å². The van der Waals surface area contributed by atoms with Gasteiger partial charge in [-0.2, -0.15) is 0 Å². The summed E-state index contributed by atoms with van der Waals surface area (Å²) >= 11 is 3.34. The molecule has 28 heavy (non-hydrogen) atoms. The lowest BCUT2D eigenvalue weighted by Gasteiger charge is -2.29. The van der Waals surface area contributed by atoms with Crippen LogP contribution < -0.4 is 19.7 Å². The highest BCUT2D eigenvalue weighted by atomic mass is 79.9. The maximum absolute atomic E-state index is 12.9. The molecule has 0 saturated carbocycles. The van der Waals surface area contributed by atoms with Crippen molar-refractivity contribution >= 4 is 51.4 Å². The molecule has 1 N–H and O–H groups in total. The number of amides is 4. The summed E-state index contributed by atoms with van der Waals surface area (Å²) in [6, 6.07) is 10.8. The van der Waals surface area contributed by atoms with Crippen molar-refractivity contribution < 1.29 is 23.9 Å². The first-order valence-corrected chi connectivity index (χ1v) is 8.95. The lowest BCUT2D eigenvalue weighted by molar-refractivity contribution is -0.131. The second-order valence-electron chi connectivity index (χ2n) is 5.71. The Kier molecular flexibility index (Phi) is 5.74. The van der Waals surface area contributed by atoms with Crippen LogP contribution in [-0.4, -0.2) is 38.3 Å². The molecule has 0 aromatic heterocycles. The molecule has 1 heterocycles. The van der Waals surface area contributed by atoms with E-state index in [4.69, 9.17) is 9.47 Å². The van der Waals surface area contributed by atoms with E-state index in [9.17, 15) is 14.4 Å². The van der Waals surface area contributed by atoms with Gasteiger partial charge in [0, 0.05) is 10.7 Å². The second kappa shape index (κ2) is 8.22. The Labute approximate surface area is 169 Å². The number of aliphatic imine (C=N–C) groups is 1. The molecule has 9 heteroatoms. The number of hydrogen-bond donors (Lipinski definition) is 1. The number of anilines is 1. The molecule has 8 nitrogen and oxygen atoms in total. The second-order valence-corrected chi connectivity index (χ2v) is 6.63. The van der Waals surface area contributed by atoms with Crippen molar-refractivity contribution in [2.24, 2.45) is 10.9 Å². The third kappa shape index (κ3) is 3.74. The topological polar surface area (TPSA) is 97.3 Å². The van der Waals surface area contributed by atoms with E-state index in [0.29, 0.717) is 17.2 Å². The number of carbonyl (C=O) groups is 3. The molecular formula is C19H16BrN3O5. The van der Waals surface area contributed by atoms with Gasteiger partial charge in [0.2, 0.25) is 5.91 Å². The number of benzene rings is 2. The fourth-order valence-electron chi connectivity index (χ4n) is 2.68. The van der Waals surface area contributed by atoms with Crippen LogP contribution in [0, 0.1) is 5.92 Å². The quantitative estimate of drug-likeness (QED) is 0.563. The summed E-state index contributed by atoms with van der Waals surface area (Å²) in [5.74, 6) is -1.97. The minimum Gasteiger partial charge on any atom is -0.495 e. The maximum Gasteiger partial charge on any atom is 0.335 e. The van der Waals surface area contributed by atoms with Gasteiger partial charge in [-0.05, 0) is 30.3 Å². The molecule has 2 aromatic rings. The molecule has 1 aliphatic rings. The Morgan fingerprint density at radius 2 is 1.79 bits per heavy atom. The molecule has 1 aliphatic heterocycles. The maximum atomic E-state index is 12.9. The average molecular weight is 446 g/mol. The molecule has 3 rings (SSSR count). The largest absolute Gasteiger partial charge is 0.495 e. The lowest BCUT2D eigenvalue weighted by atomic mass is 10.1. The van der Waals surface area contributed by atoms with Gasteiger partial charge >= 0.3 is 6.03 Å². The molecule has 1 atom stereocenters. The highest BCUT2D eigenvalue weighted by Gasteiger charge is 2.41. The van der Waals surface area contributed by atoms with Crippen LogP contribution in [0.15, 0.2) is 51.9 Å². The van der Waals surface area contributed by atoms with Gasteiger partial charge in [-0.15, -0.1) is 0 Å². The van der Waals surface area contributed by atoms with E-state index in [1.165, 1.54) is 20.4 Å². The highest BCUT2D eigenvalue weighted by molar-refractivity contribution is 9.10. The van der Waals surface area contributed by atoms with Crippen LogP contribution in [0.25, 0.3) is 0 Å². The Hall–Kier alpha value is -3.20. The monoisotopic (exact) mass is 445 g/mol. The van der Waals surface area contributed by atoms with Crippen LogP contribution in [0.2, 0.25) is 0 Å². The number of urea groups is 1. The number of nitrogens with zero attached hydrogens (tertiary/aromatic N) is 2. The van der Waals surface area contributed by atoms with Crippen molar-refractivity contribution in [2.75, 3.05) is 19.1 Å². The van der Waals surface area contributed by atoms with E-state index in [1.54, 1.807) is 42.5 Å². The van der Waals surface area contributed by atoms with E-state index in [0.717, 1.165) is 9.37 Å². The van der Waals surface area contributed by atoms with Gasteiger partial charge in [0.1, 0.15) is 17.2 Å². The van der Waals surface area contributed by atoms with Crippen LogP contribution in [0.4, 0.5) is 16.2 Å². The Morgan fingerprint density at radius 3 is 2.50 bits per heavy atom. The van der Waals surface area contributed by atoms with Gasteiger partial charge in [0.15, 0.2) is 5.92 Å². The fraction of sp³-hybridized carbons (Fsp3) is 0.158. The first-order valence-electron chi connectivity index (χ1n) is 8.15. The van der Waals surface area contributed by atoms with Crippen molar-refractivity contribution in [3.05, 3.63) is 46.9 Å². The van der Waals surface area contributed by atoms with Gasteiger partial charge in [-0.25, -0.2) is 9.69 Å². The minimum atomic E-state index is -1.29. The Bertz CT molecular complexity index is 976. The summed E-state index contributed by atoms with van der Waals surface area (Å²) in [7, 11) is 2.91. The molecule has 4 amide bonds. The summed E-state index contributed by atoms with van der Waals surface area (Å²) in [6.07, 6.45) is 1.19. The van der Waals surface area contributed by atoms with Crippen LogP contribution in [-0.2, 0) is 9.59 Å². The molecule has 0 spiro atoms. The summed E-state index contributed by atoms with van der Waals surface area (Å²) in [4.78, 5) is 42.6. The van der Waals surface area contributed by atoms with Gasteiger partial charge in [-0.1, -0.05) is 28.1 Å². The number of methoxy groups -OCH3 is 2. The van der Waals surface area contributed by atoms with E-state index in [2.05, 4.69) is 26.2 Å². The Balaban J connectivity index is 1.96. The number of nitrogens with one attached hydrogen (secondary N) is 1. The minimum absolute atomic E-state index is 0.235.